The number of nitrogens with zero attached hydrogens (tertiary/aromatic N) is 2. The van der Waals surface area contributed by atoms with Gasteiger partial charge in [0.1, 0.15) is 5.75 Å². The first-order chi connectivity index (χ1) is 12.0. The van der Waals surface area contributed by atoms with Crippen molar-refractivity contribution in [2.75, 3.05) is 13.7 Å². The first kappa shape index (κ1) is 18.1. The number of carbonyl (C=O) groups is 2. The molecule has 1 heterocycles. The van der Waals surface area contributed by atoms with Gasteiger partial charge in [-0.15, -0.1) is 0 Å². The molecule has 2 rings (SSSR count). The van der Waals surface area contributed by atoms with Crippen LogP contribution in [-0.2, 0) is 4.79 Å². The fourth-order valence-corrected chi connectivity index (χ4v) is 2.44. The molecule has 0 bridgehead atoms. The molecular formula is C15H14N4O5S. The van der Waals surface area contributed by atoms with Gasteiger partial charge in [0.15, 0.2) is 0 Å². The summed E-state index contributed by atoms with van der Waals surface area (Å²) in [5, 5.41) is 16.7. The maximum Gasteiger partial charge on any atom is 0.324 e. The van der Waals surface area contributed by atoms with Crippen LogP contribution in [0.5, 0.6) is 5.75 Å². The molecule has 2 aromatic rings. The third kappa shape index (κ3) is 5.39. The number of hydrogen-bond acceptors (Lipinski definition) is 7. The van der Waals surface area contributed by atoms with Crippen LogP contribution in [0.1, 0.15) is 15.2 Å². The van der Waals surface area contributed by atoms with Gasteiger partial charge >= 0.3 is 5.00 Å². The molecule has 130 valence electrons. The zero-order valence-electron chi connectivity index (χ0n) is 13.1. The van der Waals surface area contributed by atoms with Crippen LogP contribution < -0.4 is 15.5 Å². The van der Waals surface area contributed by atoms with Crippen molar-refractivity contribution in [3.63, 3.8) is 0 Å². The van der Waals surface area contributed by atoms with E-state index < -0.39 is 16.7 Å². The molecule has 0 saturated heterocycles. The van der Waals surface area contributed by atoms with Gasteiger partial charge in [-0.2, -0.15) is 5.10 Å². The van der Waals surface area contributed by atoms with Crippen molar-refractivity contribution in [3.05, 3.63) is 57.0 Å². The van der Waals surface area contributed by atoms with Crippen molar-refractivity contribution in [3.8, 4) is 5.75 Å². The number of nitrogens with one attached hydrogen (secondary N) is 2. The Hall–Kier alpha value is -3.27. The van der Waals surface area contributed by atoms with E-state index in [1.807, 2.05) is 0 Å². The lowest BCUT2D eigenvalue weighted by Gasteiger charge is -2.05. The summed E-state index contributed by atoms with van der Waals surface area (Å²) >= 11 is 0.930. The molecule has 2 N–H and O–H groups in total. The summed E-state index contributed by atoms with van der Waals surface area (Å²) in [4.78, 5) is 34.1. The van der Waals surface area contributed by atoms with E-state index in [9.17, 15) is 19.7 Å². The highest BCUT2D eigenvalue weighted by molar-refractivity contribution is 7.16. The number of benzene rings is 1. The van der Waals surface area contributed by atoms with E-state index in [0.29, 0.717) is 16.2 Å². The Kier molecular flexibility index (Phi) is 6.18. The Morgan fingerprint density at radius 3 is 2.84 bits per heavy atom. The normalized spacial score (nSPS) is 10.4. The van der Waals surface area contributed by atoms with Gasteiger partial charge in [-0.05, 0) is 24.3 Å². The van der Waals surface area contributed by atoms with E-state index >= 15 is 0 Å². The molecule has 0 unspecified atom stereocenters. The largest absolute Gasteiger partial charge is 0.497 e. The molecule has 10 heteroatoms. The molecule has 0 aliphatic rings. The number of nitro groups is 1. The minimum absolute atomic E-state index is 0.0154. The van der Waals surface area contributed by atoms with E-state index in [2.05, 4.69) is 15.8 Å². The highest BCUT2D eigenvalue weighted by atomic mass is 32.1. The lowest BCUT2D eigenvalue weighted by atomic mass is 10.2. The third-order valence-corrected chi connectivity index (χ3v) is 3.89. The van der Waals surface area contributed by atoms with Crippen molar-refractivity contribution in [2.45, 2.75) is 0 Å². The van der Waals surface area contributed by atoms with Crippen LogP contribution in [0.3, 0.4) is 0 Å². The van der Waals surface area contributed by atoms with Crippen molar-refractivity contribution in [1.29, 1.82) is 0 Å². The van der Waals surface area contributed by atoms with Gasteiger partial charge in [-0.3, -0.25) is 19.7 Å². The van der Waals surface area contributed by atoms with Gasteiger partial charge in [0.2, 0.25) is 0 Å². The van der Waals surface area contributed by atoms with Gasteiger partial charge in [-0.1, -0.05) is 17.4 Å². The first-order valence-electron chi connectivity index (χ1n) is 6.98. The summed E-state index contributed by atoms with van der Waals surface area (Å²) in [6.07, 6.45) is 1.29. The first-order valence-corrected chi connectivity index (χ1v) is 7.79. The zero-order chi connectivity index (χ0) is 18.2. The Morgan fingerprint density at radius 1 is 1.36 bits per heavy atom. The fourth-order valence-electron chi connectivity index (χ4n) is 1.74. The maximum atomic E-state index is 11.9. The number of methoxy groups -OCH3 is 1. The quantitative estimate of drug-likeness (QED) is 0.439. The lowest BCUT2D eigenvalue weighted by molar-refractivity contribution is -0.380. The minimum atomic E-state index is -0.529. The molecule has 0 spiro atoms. The minimum Gasteiger partial charge on any atom is -0.497 e. The topological polar surface area (TPSA) is 123 Å². The molecule has 9 nitrogen and oxygen atoms in total. The molecule has 0 aliphatic heterocycles. The van der Waals surface area contributed by atoms with E-state index in [1.165, 1.54) is 25.5 Å². The van der Waals surface area contributed by atoms with Crippen LogP contribution in [-0.4, -0.2) is 36.6 Å². The summed E-state index contributed by atoms with van der Waals surface area (Å²) in [6.45, 7) is -0.266. The molecule has 0 atom stereocenters. The van der Waals surface area contributed by atoms with Crippen LogP contribution in [0, 0.1) is 10.1 Å². The predicted molar refractivity (Wildman–Crippen MR) is 92.0 cm³/mol. The van der Waals surface area contributed by atoms with Crippen molar-refractivity contribution >= 4 is 34.4 Å². The number of thiophene rings is 1. The van der Waals surface area contributed by atoms with Gasteiger partial charge in [0.05, 0.1) is 29.7 Å². The van der Waals surface area contributed by atoms with Crippen LogP contribution >= 0.6 is 11.3 Å². The van der Waals surface area contributed by atoms with E-state index in [0.717, 1.165) is 11.3 Å². The molecule has 2 amide bonds. The van der Waals surface area contributed by atoms with Crippen molar-refractivity contribution in [2.24, 2.45) is 5.10 Å². The van der Waals surface area contributed by atoms with Crippen LogP contribution in [0.25, 0.3) is 0 Å². The second-order valence-corrected chi connectivity index (χ2v) is 5.73. The number of amides is 2. The zero-order valence-corrected chi connectivity index (χ0v) is 13.9. The Bertz CT molecular complexity index is 818. The summed E-state index contributed by atoms with van der Waals surface area (Å²) < 4.78 is 5.02. The average Bonchev–Trinajstić information content (AvgIpc) is 3.09. The number of rotatable bonds is 7. The van der Waals surface area contributed by atoms with Crippen LogP contribution in [0.2, 0.25) is 0 Å². The lowest BCUT2D eigenvalue weighted by Crippen LogP contribution is -2.34. The van der Waals surface area contributed by atoms with Gasteiger partial charge < -0.3 is 10.1 Å². The molecule has 25 heavy (non-hydrogen) atoms. The summed E-state index contributed by atoms with van der Waals surface area (Å²) in [5.74, 6) is -0.419. The number of ether oxygens (including phenoxy) is 1. The van der Waals surface area contributed by atoms with Crippen LogP contribution in [0.15, 0.2) is 41.5 Å². The highest BCUT2D eigenvalue weighted by Crippen LogP contribution is 2.22. The third-order valence-electron chi connectivity index (χ3n) is 2.92. The van der Waals surface area contributed by atoms with E-state index in [1.54, 1.807) is 24.3 Å². The molecule has 1 aromatic carbocycles. The predicted octanol–water partition coefficient (Wildman–Crippen LogP) is 1.54. The number of hydrogen-bond donors (Lipinski definition) is 2. The van der Waals surface area contributed by atoms with Gasteiger partial charge in [0.25, 0.3) is 11.8 Å². The number of hydrazone groups is 1. The SMILES string of the molecule is COc1cccc(C(=O)NCC(=O)N/N=C/c2ccc([N+](=O)[O-])s2)c1. The monoisotopic (exact) mass is 362 g/mol. The van der Waals surface area contributed by atoms with E-state index in [-0.39, 0.29) is 11.5 Å². The standard InChI is InChI=1S/C15H14N4O5S/c1-24-11-4-2-3-10(7-11)15(21)16-9-13(20)18-17-8-12-5-6-14(25-12)19(22)23/h2-8H,9H2,1H3,(H,16,21)(H,18,20)/b17-8+. The molecular weight excluding hydrogens is 348 g/mol. The van der Waals surface area contributed by atoms with Crippen molar-refractivity contribution in [1.82, 2.24) is 10.7 Å². The smallest absolute Gasteiger partial charge is 0.324 e. The summed E-state index contributed by atoms with van der Waals surface area (Å²) in [5.41, 5.74) is 2.59. The fraction of sp³-hybridized carbons (Fsp3) is 0.133. The molecule has 0 saturated carbocycles. The molecule has 1 aromatic heterocycles. The maximum absolute atomic E-state index is 11.9. The average molecular weight is 362 g/mol. The summed E-state index contributed by atoms with van der Waals surface area (Å²) in [7, 11) is 1.49. The Balaban J connectivity index is 1.80. The van der Waals surface area contributed by atoms with Gasteiger partial charge in [0, 0.05) is 11.6 Å². The van der Waals surface area contributed by atoms with E-state index in [4.69, 9.17) is 4.74 Å². The Labute approximate surface area is 146 Å². The van der Waals surface area contributed by atoms with Crippen molar-refractivity contribution < 1.29 is 19.2 Å². The number of carbonyl (C=O) groups excluding carboxylic acids is 2. The Morgan fingerprint density at radius 2 is 2.16 bits per heavy atom. The van der Waals surface area contributed by atoms with Gasteiger partial charge in [-0.25, -0.2) is 5.43 Å². The highest BCUT2D eigenvalue weighted by Gasteiger charge is 2.09. The summed E-state index contributed by atoms with van der Waals surface area (Å²) in [6, 6.07) is 9.38. The van der Waals surface area contributed by atoms with Crippen LogP contribution in [0.4, 0.5) is 5.00 Å². The molecule has 0 radical (unpaired) electrons. The molecule has 0 aliphatic carbocycles. The second kappa shape index (κ2) is 8.55. The molecule has 0 fully saturated rings. The second-order valence-electron chi connectivity index (χ2n) is 4.64.